The number of amides is 2. The van der Waals surface area contributed by atoms with Gasteiger partial charge in [-0.1, -0.05) is 6.07 Å². The number of hydrogen-bond donors (Lipinski definition) is 2. The van der Waals surface area contributed by atoms with E-state index in [1.165, 1.54) is 0 Å². The van der Waals surface area contributed by atoms with Gasteiger partial charge in [0, 0.05) is 6.54 Å². The Morgan fingerprint density at radius 3 is 2.25 bits per heavy atom. The molecule has 0 atom stereocenters. The minimum Gasteiger partial charge on any atom is -0.348 e. The summed E-state index contributed by atoms with van der Waals surface area (Å²) >= 11 is 0. The summed E-state index contributed by atoms with van der Waals surface area (Å²) in [6, 6.07) is 3.12. The maximum atomic E-state index is 13.1. The van der Waals surface area contributed by atoms with Crippen LogP contribution in [0.15, 0.2) is 18.2 Å². The third-order valence-electron chi connectivity index (χ3n) is 1.74. The van der Waals surface area contributed by atoms with Crippen molar-refractivity contribution in [1.29, 1.82) is 0 Å². The van der Waals surface area contributed by atoms with Gasteiger partial charge in [-0.05, 0) is 19.1 Å². The standard InChI is InChI=1S/C10H10F2N2O2/c1-2-13-9(15)10(16)14-8-6(11)4-3-5-7(8)12/h3-5H,2H2,1H3,(H,13,15)(H,14,16). The molecule has 1 aromatic carbocycles. The van der Waals surface area contributed by atoms with Crippen LogP contribution in [-0.4, -0.2) is 18.4 Å². The molecule has 0 aromatic heterocycles. The Bertz CT molecular complexity index is 401. The molecular weight excluding hydrogens is 218 g/mol. The molecule has 0 radical (unpaired) electrons. The molecule has 0 saturated carbocycles. The molecule has 0 fully saturated rings. The molecular formula is C10H10F2N2O2. The normalized spacial score (nSPS) is 9.69. The van der Waals surface area contributed by atoms with E-state index in [1.54, 1.807) is 6.92 Å². The van der Waals surface area contributed by atoms with Crippen LogP contribution in [-0.2, 0) is 9.59 Å². The Balaban J connectivity index is 2.81. The first-order valence-electron chi connectivity index (χ1n) is 4.59. The Labute approximate surface area is 90.6 Å². The van der Waals surface area contributed by atoms with Crippen molar-refractivity contribution in [2.24, 2.45) is 0 Å². The zero-order valence-corrected chi connectivity index (χ0v) is 8.51. The number of rotatable bonds is 2. The average molecular weight is 228 g/mol. The fourth-order valence-electron chi connectivity index (χ4n) is 1.03. The van der Waals surface area contributed by atoms with Crippen LogP contribution in [0.1, 0.15) is 6.92 Å². The number of halogens is 2. The number of carbonyl (C=O) groups is 2. The number of likely N-dealkylation sites (N-methyl/N-ethyl adjacent to an activating group) is 1. The van der Waals surface area contributed by atoms with Crippen LogP contribution >= 0.6 is 0 Å². The van der Waals surface area contributed by atoms with Crippen molar-refractivity contribution >= 4 is 17.5 Å². The van der Waals surface area contributed by atoms with E-state index in [1.807, 2.05) is 5.32 Å². The van der Waals surface area contributed by atoms with Gasteiger partial charge in [0.25, 0.3) is 0 Å². The first kappa shape index (κ1) is 12.1. The monoisotopic (exact) mass is 228 g/mol. The highest BCUT2D eigenvalue weighted by molar-refractivity contribution is 6.39. The molecule has 0 spiro atoms. The number of hydrogen-bond acceptors (Lipinski definition) is 2. The van der Waals surface area contributed by atoms with Crippen molar-refractivity contribution in [1.82, 2.24) is 5.32 Å². The molecule has 2 N–H and O–H groups in total. The number of para-hydroxylation sites is 1. The van der Waals surface area contributed by atoms with E-state index in [0.717, 1.165) is 18.2 Å². The van der Waals surface area contributed by atoms with Crippen molar-refractivity contribution in [2.45, 2.75) is 6.92 Å². The minimum absolute atomic E-state index is 0.256. The molecule has 0 aliphatic rings. The van der Waals surface area contributed by atoms with Crippen molar-refractivity contribution in [3.05, 3.63) is 29.8 Å². The van der Waals surface area contributed by atoms with Gasteiger partial charge in [0.2, 0.25) is 0 Å². The Hall–Kier alpha value is -1.98. The van der Waals surface area contributed by atoms with Crippen LogP contribution in [0.3, 0.4) is 0 Å². The lowest BCUT2D eigenvalue weighted by atomic mass is 10.3. The largest absolute Gasteiger partial charge is 0.348 e. The van der Waals surface area contributed by atoms with E-state index in [-0.39, 0.29) is 6.54 Å². The van der Waals surface area contributed by atoms with E-state index in [4.69, 9.17) is 0 Å². The van der Waals surface area contributed by atoms with Gasteiger partial charge in [-0.25, -0.2) is 8.78 Å². The van der Waals surface area contributed by atoms with E-state index in [2.05, 4.69) is 5.32 Å². The second-order valence-corrected chi connectivity index (χ2v) is 2.91. The fourth-order valence-corrected chi connectivity index (χ4v) is 1.03. The fraction of sp³-hybridized carbons (Fsp3) is 0.200. The highest BCUT2D eigenvalue weighted by Gasteiger charge is 2.16. The van der Waals surface area contributed by atoms with E-state index >= 15 is 0 Å². The lowest BCUT2D eigenvalue weighted by Crippen LogP contribution is -2.35. The topological polar surface area (TPSA) is 58.2 Å². The lowest BCUT2D eigenvalue weighted by Gasteiger charge is -2.06. The Kier molecular flexibility index (Phi) is 3.93. The zero-order valence-electron chi connectivity index (χ0n) is 8.51. The van der Waals surface area contributed by atoms with Crippen LogP contribution in [0.5, 0.6) is 0 Å². The number of benzene rings is 1. The summed E-state index contributed by atoms with van der Waals surface area (Å²) < 4.78 is 26.1. The van der Waals surface area contributed by atoms with Gasteiger partial charge in [0.05, 0.1) is 0 Å². The molecule has 4 nitrogen and oxygen atoms in total. The third-order valence-corrected chi connectivity index (χ3v) is 1.74. The van der Waals surface area contributed by atoms with Crippen LogP contribution in [0.4, 0.5) is 14.5 Å². The molecule has 2 amide bonds. The summed E-state index contributed by atoms with van der Waals surface area (Å²) in [6.07, 6.45) is 0. The quantitative estimate of drug-likeness (QED) is 0.743. The van der Waals surface area contributed by atoms with E-state index in [0.29, 0.717) is 0 Å². The second kappa shape index (κ2) is 5.20. The summed E-state index contributed by atoms with van der Waals surface area (Å²) in [6.45, 7) is 1.88. The van der Waals surface area contributed by atoms with Crippen LogP contribution in [0.2, 0.25) is 0 Å². The van der Waals surface area contributed by atoms with Gasteiger partial charge in [0.15, 0.2) is 0 Å². The highest BCUT2D eigenvalue weighted by atomic mass is 19.1. The smallest absolute Gasteiger partial charge is 0.313 e. The summed E-state index contributed by atoms with van der Waals surface area (Å²) in [5.41, 5.74) is -0.626. The maximum absolute atomic E-state index is 13.1. The number of anilines is 1. The van der Waals surface area contributed by atoms with Gasteiger partial charge < -0.3 is 10.6 Å². The maximum Gasteiger partial charge on any atom is 0.313 e. The van der Waals surface area contributed by atoms with Gasteiger partial charge >= 0.3 is 11.8 Å². The van der Waals surface area contributed by atoms with Crippen molar-refractivity contribution in [3.63, 3.8) is 0 Å². The van der Waals surface area contributed by atoms with Crippen LogP contribution in [0, 0.1) is 11.6 Å². The SMILES string of the molecule is CCNC(=O)C(=O)Nc1c(F)cccc1F. The van der Waals surface area contributed by atoms with Gasteiger partial charge in [-0.3, -0.25) is 9.59 Å². The Morgan fingerprint density at radius 2 is 1.75 bits per heavy atom. The average Bonchev–Trinajstić information content (AvgIpc) is 2.23. The predicted octanol–water partition coefficient (Wildman–Crippen LogP) is 1.04. The van der Waals surface area contributed by atoms with E-state index < -0.39 is 29.1 Å². The molecule has 1 aromatic rings. The molecule has 0 unspecified atom stereocenters. The van der Waals surface area contributed by atoms with Gasteiger partial charge in [0.1, 0.15) is 17.3 Å². The molecule has 0 saturated heterocycles. The number of carbonyl (C=O) groups excluding carboxylic acids is 2. The summed E-state index contributed by atoms with van der Waals surface area (Å²) in [7, 11) is 0. The van der Waals surface area contributed by atoms with Crippen molar-refractivity contribution in [3.8, 4) is 0 Å². The molecule has 16 heavy (non-hydrogen) atoms. The third kappa shape index (κ3) is 2.75. The second-order valence-electron chi connectivity index (χ2n) is 2.91. The molecule has 0 bridgehead atoms. The molecule has 86 valence electrons. The minimum atomic E-state index is -1.11. The van der Waals surface area contributed by atoms with Gasteiger partial charge in [-0.15, -0.1) is 0 Å². The predicted molar refractivity (Wildman–Crippen MR) is 53.7 cm³/mol. The molecule has 0 aliphatic heterocycles. The first-order valence-corrected chi connectivity index (χ1v) is 4.59. The summed E-state index contributed by atoms with van der Waals surface area (Å²) in [5, 5.41) is 4.07. The Morgan fingerprint density at radius 1 is 1.19 bits per heavy atom. The summed E-state index contributed by atoms with van der Waals surface area (Å²) in [4.78, 5) is 22.2. The lowest BCUT2D eigenvalue weighted by molar-refractivity contribution is -0.136. The first-order chi connectivity index (χ1) is 7.56. The van der Waals surface area contributed by atoms with Gasteiger partial charge in [-0.2, -0.15) is 0 Å². The molecule has 6 heteroatoms. The van der Waals surface area contributed by atoms with E-state index in [9.17, 15) is 18.4 Å². The summed E-state index contributed by atoms with van der Waals surface area (Å²) in [5.74, 6) is -3.91. The van der Waals surface area contributed by atoms with Crippen molar-refractivity contribution in [2.75, 3.05) is 11.9 Å². The highest BCUT2D eigenvalue weighted by Crippen LogP contribution is 2.17. The number of nitrogens with one attached hydrogen (secondary N) is 2. The molecule has 0 aliphatic carbocycles. The zero-order chi connectivity index (χ0) is 12.1. The molecule has 0 heterocycles. The van der Waals surface area contributed by atoms with Crippen LogP contribution in [0.25, 0.3) is 0 Å². The van der Waals surface area contributed by atoms with Crippen LogP contribution < -0.4 is 10.6 Å². The molecule has 1 rings (SSSR count). The van der Waals surface area contributed by atoms with Crippen molar-refractivity contribution < 1.29 is 18.4 Å².